The van der Waals surface area contributed by atoms with Crippen molar-refractivity contribution in [1.82, 2.24) is 0 Å². The van der Waals surface area contributed by atoms with Crippen molar-refractivity contribution in [2.24, 2.45) is 0 Å². The molecule has 0 amide bonds. The van der Waals surface area contributed by atoms with E-state index in [2.05, 4.69) is 67.8 Å². The van der Waals surface area contributed by atoms with Gasteiger partial charge in [0, 0.05) is 9.99 Å². The molecule has 6 heteroatoms. The fourth-order valence-electron chi connectivity index (χ4n) is 1.06. The molecule has 0 radical (unpaired) electrons. The summed E-state index contributed by atoms with van der Waals surface area (Å²) >= 11 is 6.71. The van der Waals surface area contributed by atoms with Gasteiger partial charge in [0.15, 0.2) is 0 Å². The summed E-state index contributed by atoms with van der Waals surface area (Å²) in [4.78, 5) is 10.3. The lowest BCUT2D eigenvalue weighted by Crippen LogP contribution is -2.04. The lowest BCUT2D eigenvalue weighted by Gasteiger charge is -2.10. The van der Waals surface area contributed by atoms with Crippen LogP contribution in [0.5, 0.6) is 5.75 Å². The Morgan fingerprint density at radius 3 is 2.31 bits per heavy atom. The summed E-state index contributed by atoms with van der Waals surface area (Å²) < 4.78 is 8.88. The van der Waals surface area contributed by atoms with Crippen LogP contribution in [0.15, 0.2) is 12.1 Å². The second-order valence-electron chi connectivity index (χ2n) is 3.04. The van der Waals surface area contributed by atoms with Gasteiger partial charge in [0.05, 0.1) is 13.7 Å². The highest BCUT2D eigenvalue weighted by Crippen LogP contribution is 2.29. The van der Waals surface area contributed by atoms with E-state index in [1.54, 1.807) is 0 Å². The van der Waals surface area contributed by atoms with Gasteiger partial charge >= 0.3 is 5.97 Å². The number of ether oxygens (including phenoxy) is 1. The van der Waals surface area contributed by atoms with Gasteiger partial charge in [-0.3, -0.25) is 4.79 Å². The Morgan fingerprint density at radius 1 is 1.25 bits per heavy atom. The van der Waals surface area contributed by atoms with Gasteiger partial charge in [-0.1, -0.05) is 0 Å². The van der Waals surface area contributed by atoms with Crippen LogP contribution in [0.4, 0.5) is 0 Å². The van der Waals surface area contributed by atoms with Crippen LogP contribution in [0.25, 0.3) is 0 Å². The molecule has 0 atom stereocenters. The number of rotatable bonds is 5. The second-order valence-corrected chi connectivity index (χ2v) is 6.61. The molecule has 0 saturated heterocycles. The Labute approximate surface area is 135 Å². The minimum Gasteiger partial charge on any atom is -0.491 e. The molecule has 1 aromatic carbocycles. The summed E-state index contributed by atoms with van der Waals surface area (Å²) in [5.41, 5.74) is 0. The van der Waals surface area contributed by atoms with E-state index in [-0.39, 0.29) is 6.42 Å². The second kappa shape index (κ2) is 7.19. The molecule has 0 saturated carbocycles. The first-order chi connectivity index (χ1) is 7.50. The maximum Gasteiger partial charge on any atom is 0.303 e. The standard InChI is InChI=1S/C10H9I3O3/c11-6-4-7(12)10(8(13)5-6)16-3-1-2-9(14)15/h4-5H,1-3H2,(H,14,15). The third kappa shape index (κ3) is 4.90. The predicted octanol–water partition coefficient (Wildman–Crippen LogP) is 3.74. The van der Waals surface area contributed by atoms with E-state index < -0.39 is 5.97 Å². The zero-order valence-electron chi connectivity index (χ0n) is 8.17. The van der Waals surface area contributed by atoms with Crippen molar-refractivity contribution in [2.75, 3.05) is 6.61 Å². The summed E-state index contributed by atoms with van der Waals surface area (Å²) in [5.74, 6) is 0.0719. The minimum atomic E-state index is -0.782. The van der Waals surface area contributed by atoms with Crippen molar-refractivity contribution in [3.8, 4) is 5.75 Å². The fourth-order valence-corrected chi connectivity index (χ4v) is 4.96. The van der Waals surface area contributed by atoms with Gasteiger partial charge in [-0.2, -0.15) is 0 Å². The minimum absolute atomic E-state index is 0.150. The Bertz CT molecular complexity index is 370. The molecular weight excluding hydrogens is 549 g/mol. The molecule has 0 spiro atoms. The topological polar surface area (TPSA) is 46.5 Å². The molecule has 0 aromatic heterocycles. The maximum absolute atomic E-state index is 10.3. The molecule has 1 N–H and O–H groups in total. The molecule has 0 unspecified atom stereocenters. The molecular formula is C10H9I3O3. The summed E-state index contributed by atoms with van der Waals surface area (Å²) in [6, 6.07) is 4.08. The number of halogens is 3. The quantitative estimate of drug-likeness (QED) is 0.443. The molecule has 0 bridgehead atoms. The van der Waals surface area contributed by atoms with Crippen LogP contribution in [0.3, 0.4) is 0 Å². The van der Waals surface area contributed by atoms with Gasteiger partial charge in [0.25, 0.3) is 0 Å². The van der Waals surface area contributed by atoms with Crippen molar-refractivity contribution in [2.45, 2.75) is 12.8 Å². The van der Waals surface area contributed by atoms with Crippen LogP contribution >= 0.6 is 67.8 Å². The van der Waals surface area contributed by atoms with E-state index >= 15 is 0 Å². The van der Waals surface area contributed by atoms with Gasteiger partial charge in [-0.05, 0) is 86.3 Å². The van der Waals surface area contributed by atoms with Gasteiger partial charge < -0.3 is 9.84 Å². The summed E-state index contributed by atoms with van der Waals surface area (Å²) in [6.45, 7) is 0.443. The van der Waals surface area contributed by atoms with Crippen LogP contribution in [-0.4, -0.2) is 17.7 Å². The van der Waals surface area contributed by atoms with Crippen molar-refractivity contribution < 1.29 is 14.6 Å². The molecule has 0 aliphatic heterocycles. The van der Waals surface area contributed by atoms with Crippen molar-refractivity contribution in [3.63, 3.8) is 0 Å². The molecule has 88 valence electrons. The van der Waals surface area contributed by atoms with E-state index in [0.29, 0.717) is 13.0 Å². The number of carboxylic acid groups (broad SMARTS) is 1. The van der Waals surface area contributed by atoms with Gasteiger partial charge in [-0.15, -0.1) is 0 Å². The monoisotopic (exact) mass is 558 g/mol. The van der Waals surface area contributed by atoms with Gasteiger partial charge in [0.2, 0.25) is 0 Å². The summed E-state index contributed by atoms with van der Waals surface area (Å²) in [7, 11) is 0. The van der Waals surface area contributed by atoms with Crippen LogP contribution in [-0.2, 0) is 4.79 Å². The van der Waals surface area contributed by atoms with Gasteiger partial charge in [0.1, 0.15) is 5.75 Å². The van der Waals surface area contributed by atoms with E-state index in [1.165, 1.54) is 3.57 Å². The van der Waals surface area contributed by atoms with Crippen molar-refractivity contribution in [1.29, 1.82) is 0 Å². The SMILES string of the molecule is O=C(O)CCCOc1c(I)cc(I)cc1I. The highest BCUT2D eigenvalue weighted by Gasteiger charge is 2.08. The van der Waals surface area contributed by atoms with E-state index in [0.717, 1.165) is 12.9 Å². The van der Waals surface area contributed by atoms with Gasteiger partial charge in [-0.25, -0.2) is 0 Å². The molecule has 0 fully saturated rings. The lowest BCUT2D eigenvalue weighted by atomic mass is 10.3. The third-order valence-corrected chi connectivity index (χ3v) is 3.97. The summed E-state index contributed by atoms with van der Waals surface area (Å²) in [6.07, 6.45) is 0.686. The molecule has 16 heavy (non-hydrogen) atoms. The maximum atomic E-state index is 10.3. The Hall–Kier alpha value is 0.680. The highest BCUT2D eigenvalue weighted by atomic mass is 127. The van der Waals surface area contributed by atoms with Crippen LogP contribution in [0.2, 0.25) is 0 Å². The average molecular weight is 558 g/mol. The third-order valence-electron chi connectivity index (χ3n) is 1.74. The normalized spacial score (nSPS) is 10.2. The lowest BCUT2D eigenvalue weighted by molar-refractivity contribution is -0.137. The van der Waals surface area contributed by atoms with E-state index in [9.17, 15) is 4.79 Å². The van der Waals surface area contributed by atoms with Crippen LogP contribution in [0, 0.1) is 10.7 Å². The Balaban J connectivity index is 2.57. The van der Waals surface area contributed by atoms with Crippen molar-refractivity contribution in [3.05, 3.63) is 22.8 Å². The highest BCUT2D eigenvalue weighted by molar-refractivity contribution is 14.1. The molecule has 0 aliphatic rings. The molecule has 1 aromatic rings. The molecule has 3 nitrogen and oxygen atoms in total. The zero-order valence-corrected chi connectivity index (χ0v) is 14.6. The smallest absolute Gasteiger partial charge is 0.303 e. The summed E-state index contributed by atoms with van der Waals surface area (Å²) in [5, 5.41) is 8.50. The number of carbonyl (C=O) groups is 1. The zero-order chi connectivity index (χ0) is 12.1. The van der Waals surface area contributed by atoms with Crippen LogP contribution < -0.4 is 4.74 Å². The first kappa shape index (κ1) is 14.7. The number of hydrogen-bond donors (Lipinski definition) is 1. The number of aliphatic carboxylic acids is 1. The fraction of sp³-hybridized carbons (Fsp3) is 0.300. The Morgan fingerprint density at radius 2 is 1.81 bits per heavy atom. The number of carboxylic acids is 1. The van der Waals surface area contributed by atoms with E-state index in [1.807, 2.05) is 12.1 Å². The number of hydrogen-bond acceptors (Lipinski definition) is 2. The van der Waals surface area contributed by atoms with Crippen LogP contribution in [0.1, 0.15) is 12.8 Å². The first-order valence-electron chi connectivity index (χ1n) is 4.50. The molecule has 1 rings (SSSR count). The predicted molar refractivity (Wildman–Crippen MR) is 87.0 cm³/mol. The molecule has 0 heterocycles. The molecule has 0 aliphatic carbocycles. The van der Waals surface area contributed by atoms with E-state index in [4.69, 9.17) is 9.84 Å². The largest absolute Gasteiger partial charge is 0.491 e. The van der Waals surface area contributed by atoms with Crippen molar-refractivity contribution >= 4 is 73.7 Å². The number of benzene rings is 1. The average Bonchev–Trinajstić information content (AvgIpc) is 2.14. The Kier molecular flexibility index (Phi) is 6.62. The first-order valence-corrected chi connectivity index (χ1v) is 7.73.